The fraction of sp³-hybridized carbons (Fsp3) is 0.118. The van der Waals surface area contributed by atoms with Crippen molar-refractivity contribution in [2.24, 2.45) is 0 Å². The first-order chi connectivity index (χ1) is 9.06. The number of benzene rings is 2. The Balaban J connectivity index is 2.23. The van der Waals surface area contributed by atoms with Gasteiger partial charge in [0.15, 0.2) is 5.78 Å². The number of halogens is 1. The predicted molar refractivity (Wildman–Crippen MR) is 80.7 cm³/mol. The maximum absolute atomic E-state index is 12.0. The number of rotatable bonds is 3. The second-order valence-electron chi connectivity index (χ2n) is 4.57. The van der Waals surface area contributed by atoms with Crippen molar-refractivity contribution in [1.29, 1.82) is 0 Å². The molecule has 0 aliphatic carbocycles. The smallest absolute Gasteiger partial charge is 0.185 e. The molecule has 96 valence electrons. The normalized spacial score (nSPS) is 10.9. The van der Waals surface area contributed by atoms with Gasteiger partial charge in [-0.2, -0.15) is 0 Å². The molecule has 0 amide bonds. The molecule has 0 aliphatic heterocycles. The van der Waals surface area contributed by atoms with Gasteiger partial charge in [-0.05, 0) is 43.2 Å². The minimum atomic E-state index is -0.0385. The van der Waals surface area contributed by atoms with Crippen LogP contribution >= 0.6 is 11.6 Å². The highest BCUT2D eigenvalue weighted by molar-refractivity contribution is 6.31. The van der Waals surface area contributed by atoms with Crippen molar-refractivity contribution in [2.45, 2.75) is 13.8 Å². The Morgan fingerprint density at radius 1 is 1.11 bits per heavy atom. The third-order valence-electron chi connectivity index (χ3n) is 2.96. The molecular weight excluding hydrogens is 256 g/mol. The molecule has 2 heteroatoms. The fourth-order valence-corrected chi connectivity index (χ4v) is 2.03. The topological polar surface area (TPSA) is 17.1 Å². The lowest BCUT2D eigenvalue weighted by Gasteiger charge is -2.02. The Morgan fingerprint density at radius 2 is 1.89 bits per heavy atom. The number of hydrogen-bond acceptors (Lipinski definition) is 1. The number of hydrogen-bond donors (Lipinski definition) is 0. The molecule has 0 spiro atoms. The standard InChI is InChI=1S/C17H15ClO/c1-12-6-7-13(2)14(10-12)8-9-17(19)15-4-3-5-16(18)11-15/h3-11H,1-2H3/b9-8+. The van der Waals surface area contributed by atoms with E-state index in [0.717, 1.165) is 11.1 Å². The summed E-state index contributed by atoms with van der Waals surface area (Å²) in [5.74, 6) is -0.0385. The Morgan fingerprint density at radius 3 is 2.63 bits per heavy atom. The minimum Gasteiger partial charge on any atom is -0.289 e. The van der Waals surface area contributed by atoms with Crippen LogP contribution in [0.2, 0.25) is 5.02 Å². The SMILES string of the molecule is Cc1ccc(C)c(/C=C/C(=O)c2cccc(Cl)c2)c1. The van der Waals surface area contributed by atoms with Gasteiger partial charge in [-0.1, -0.05) is 53.6 Å². The molecule has 0 saturated heterocycles. The Bertz CT molecular complexity index is 641. The van der Waals surface area contributed by atoms with Gasteiger partial charge in [-0.25, -0.2) is 0 Å². The van der Waals surface area contributed by atoms with Crippen molar-refractivity contribution in [2.75, 3.05) is 0 Å². The number of allylic oxidation sites excluding steroid dienone is 1. The summed E-state index contributed by atoms with van der Waals surface area (Å²) in [5.41, 5.74) is 4.01. The zero-order valence-electron chi connectivity index (χ0n) is 11.0. The zero-order chi connectivity index (χ0) is 13.8. The van der Waals surface area contributed by atoms with Crippen molar-refractivity contribution < 1.29 is 4.79 Å². The molecule has 19 heavy (non-hydrogen) atoms. The second-order valence-corrected chi connectivity index (χ2v) is 5.00. The summed E-state index contributed by atoms with van der Waals surface area (Å²) in [6, 6.07) is 13.2. The molecule has 0 aromatic heterocycles. The predicted octanol–water partition coefficient (Wildman–Crippen LogP) is 4.85. The molecule has 1 nitrogen and oxygen atoms in total. The molecule has 0 saturated carbocycles. The largest absolute Gasteiger partial charge is 0.289 e. The zero-order valence-corrected chi connectivity index (χ0v) is 11.7. The van der Waals surface area contributed by atoms with E-state index in [-0.39, 0.29) is 5.78 Å². The summed E-state index contributed by atoms with van der Waals surface area (Å²) in [5, 5.41) is 0.575. The van der Waals surface area contributed by atoms with Crippen molar-refractivity contribution in [3.8, 4) is 0 Å². The third kappa shape index (κ3) is 3.55. The molecule has 0 radical (unpaired) electrons. The molecule has 0 heterocycles. The van der Waals surface area contributed by atoms with Gasteiger partial charge in [-0.3, -0.25) is 4.79 Å². The molecule has 0 unspecified atom stereocenters. The van der Waals surface area contributed by atoms with Gasteiger partial charge < -0.3 is 0 Å². The van der Waals surface area contributed by atoms with Crippen LogP contribution in [0.1, 0.15) is 27.0 Å². The van der Waals surface area contributed by atoms with E-state index in [1.807, 2.05) is 19.9 Å². The van der Waals surface area contributed by atoms with E-state index in [4.69, 9.17) is 11.6 Å². The Hall–Kier alpha value is -1.86. The molecule has 2 aromatic rings. The van der Waals surface area contributed by atoms with E-state index in [2.05, 4.69) is 18.2 Å². The maximum Gasteiger partial charge on any atom is 0.185 e. The number of carbonyl (C=O) groups excluding carboxylic acids is 1. The van der Waals surface area contributed by atoms with Gasteiger partial charge >= 0.3 is 0 Å². The average molecular weight is 271 g/mol. The highest BCUT2D eigenvalue weighted by Gasteiger charge is 2.02. The number of aryl methyl sites for hydroxylation is 2. The van der Waals surface area contributed by atoms with Gasteiger partial charge in [0.1, 0.15) is 0 Å². The molecule has 0 aliphatic rings. The first-order valence-corrected chi connectivity index (χ1v) is 6.49. The van der Waals surface area contributed by atoms with E-state index in [1.165, 1.54) is 5.56 Å². The minimum absolute atomic E-state index is 0.0385. The molecule has 0 bridgehead atoms. The van der Waals surface area contributed by atoms with E-state index in [9.17, 15) is 4.79 Å². The molecule has 2 aromatic carbocycles. The lowest BCUT2D eigenvalue weighted by molar-refractivity contribution is 0.104. The van der Waals surface area contributed by atoms with Crippen LogP contribution in [0.3, 0.4) is 0 Å². The van der Waals surface area contributed by atoms with Crippen molar-refractivity contribution in [3.63, 3.8) is 0 Å². The van der Waals surface area contributed by atoms with Gasteiger partial charge in [-0.15, -0.1) is 0 Å². The van der Waals surface area contributed by atoms with E-state index >= 15 is 0 Å². The number of carbonyl (C=O) groups is 1. The molecular formula is C17H15ClO. The van der Waals surface area contributed by atoms with E-state index < -0.39 is 0 Å². The molecule has 0 atom stereocenters. The summed E-state index contributed by atoms with van der Waals surface area (Å²) < 4.78 is 0. The summed E-state index contributed by atoms with van der Waals surface area (Å²) in [6.45, 7) is 4.07. The van der Waals surface area contributed by atoms with E-state index in [1.54, 1.807) is 30.3 Å². The maximum atomic E-state index is 12.0. The van der Waals surface area contributed by atoms with Crippen LogP contribution in [-0.4, -0.2) is 5.78 Å². The van der Waals surface area contributed by atoms with Crippen LogP contribution in [0.5, 0.6) is 0 Å². The van der Waals surface area contributed by atoms with Crippen LogP contribution in [0.15, 0.2) is 48.5 Å². The fourth-order valence-electron chi connectivity index (χ4n) is 1.84. The van der Waals surface area contributed by atoms with Crippen molar-refractivity contribution in [1.82, 2.24) is 0 Å². The first kappa shape index (κ1) is 13.6. The molecule has 0 N–H and O–H groups in total. The summed E-state index contributed by atoms with van der Waals surface area (Å²) in [4.78, 5) is 12.0. The monoisotopic (exact) mass is 270 g/mol. The van der Waals surface area contributed by atoms with Crippen LogP contribution in [0.25, 0.3) is 6.08 Å². The highest BCUT2D eigenvalue weighted by atomic mass is 35.5. The van der Waals surface area contributed by atoms with Gasteiger partial charge in [0.25, 0.3) is 0 Å². The van der Waals surface area contributed by atoms with Crippen LogP contribution < -0.4 is 0 Å². The van der Waals surface area contributed by atoms with Crippen molar-refractivity contribution >= 4 is 23.5 Å². The van der Waals surface area contributed by atoms with Crippen LogP contribution in [-0.2, 0) is 0 Å². The molecule has 2 rings (SSSR count). The molecule has 0 fully saturated rings. The average Bonchev–Trinajstić information content (AvgIpc) is 2.39. The lowest BCUT2D eigenvalue weighted by atomic mass is 10.0. The summed E-state index contributed by atoms with van der Waals surface area (Å²) in [6.07, 6.45) is 3.44. The summed E-state index contributed by atoms with van der Waals surface area (Å²) >= 11 is 5.88. The Kier molecular flexibility index (Phi) is 4.18. The van der Waals surface area contributed by atoms with E-state index in [0.29, 0.717) is 10.6 Å². The lowest BCUT2D eigenvalue weighted by Crippen LogP contribution is -1.93. The van der Waals surface area contributed by atoms with Gasteiger partial charge in [0.05, 0.1) is 0 Å². The second kappa shape index (κ2) is 5.85. The van der Waals surface area contributed by atoms with Crippen LogP contribution in [0.4, 0.5) is 0 Å². The third-order valence-corrected chi connectivity index (χ3v) is 3.19. The quantitative estimate of drug-likeness (QED) is 0.575. The first-order valence-electron chi connectivity index (χ1n) is 6.11. The number of ketones is 1. The van der Waals surface area contributed by atoms with Gasteiger partial charge in [0.2, 0.25) is 0 Å². The van der Waals surface area contributed by atoms with Gasteiger partial charge in [0, 0.05) is 10.6 Å². The highest BCUT2D eigenvalue weighted by Crippen LogP contribution is 2.15. The van der Waals surface area contributed by atoms with Crippen molar-refractivity contribution in [3.05, 3.63) is 75.8 Å². The Labute approximate surface area is 118 Å². The van der Waals surface area contributed by atoms with Crippen LogP contribution in [0, 0.1) is 13.8 Å². The summed E-state index contributed by atoms with van der Waals surface area (Å²) in [7, 11) is 0.